The second-order valence-corrected chi connectivity index (χ2v) is 4.00. The summed E-state index contributed by atoms with van der Waals surface area (Å²) in [6.07, 6.45) is 0. The summed E-state index contributed by atoms with van der Waals surface area (Å²) in [5.74, 6) is -0.527. The van der Waals surface area contributed by atoms with Crippen molar-refractivity contribution in [1.82, 2.24) is 0 Å². The molecule has 1 unspecified atom stereocenters. The standard InChI is InChI=1S/C7H12O3S/c1-4-11(10)6(3)5(2)7(8)9/h4H2,1-3H3,(H,8,9)/b6-5+. The molecule has 0 saturated carbocycles. The highest BCUT2D eigenvalue weighted by atomic mass is 32.2. The Balaban J connectivity index is 4.66. The van der Waals surface area contributed by atoms with Crippen molar-refractivity contribution < 1.29 is 14.1 Å². The first-order chi connectivity index (χ1) is 5.00. The number of allylic oxidation sites excluding steroid dienone is 1. The molecule has 0 fully saturated rings. The molecule has 0 aromatic rings. The summed E-state index contributed by atoms with van der Waals surface area (Å²) in [5.41, 5.74) is 0.185. The van der Waals surface area contributed by atoms with E-state index in [1.807, 2.05) is 0 Å². The molecule has 11 heavy (non-hydrogen) atoms. The fourth-order valence-corrected chi connectivity index (χ4v) is 1.40. The van der Waals surface area contributed by atoms with E-state index in [2.05, 4.69) is 0 Å². The Kier molecular flexibility index (Phi) is 4.03. The lowest BCUT2D eigenvalue weighted by atomic mass is 10.3. The molecule has 0 saturated heterocycles. The van der Waals surface area contributed by atoms with Gasteiger partial charge in [0.25, 0.3) is 0 Å². The van der Waals surface area contributed by atoms with E-state index < -0.39 is 16.8 Å². The third-order valence-corrected chi connectivity index (χ3v) is 2.97. The molecular weight excluding hydrogens is 164 g/mol. The lowest BCUT2D eigenvalue weighted by Crippen LogP contribution is -2.04. The lowest BCUT2D eigenvalue weighted by molar-refractivity contribution is -0.132. The van der Waals surface area contributed by atoms with Crippen molar-refractivity contribution in [3.8, 4) is 0 Å². The normalized spacial score (nSPS) is 15.5. The first-order valence-corrected chi connectivity index (χ1v) is 4.61. The Morgan fingerprint density at radius 2 is 1.91 bits per heavy atom. The summed E-state index contributed by atoms with van der Waals surface area (Å²) in [6.45, 7) is 4.81. The Labute approximate surface area is 68.6 Å². The van der Waals surface area contributed by atoms with Crippen molar-refractivity contribution in [2.24, 2.45) is 0 Å². The molecule has 0 heterocycles. The van der Waals surface area contributed by atoms with Crippen molar-refractivity contribution in [2.45, 2.75) is 20.8 Å². The maximum atomic E-state index is 11.0. The highest BCUT2D eigenvalue weighted by Crippen LogP contribution is 2.07. The molecule has 0 spiro atoms. The average molecular weight is 176 g/mol. The minimum atomic E-state index is -1.12. The van der Waals surface area contributed by atoms with Crippen molar-refractivity contribution in [1.29, 1.82) is 0 Å². The second kappa shape index (κ2) is 4.28. The van der Waals surface area contributed by atoms with Gasteiger partial charge in [0.2, 0.25) is 0 Å². The zero-order valence-corrected chi connectivity index (χ0v) is 7.70. The van der Waals surface area contributed by atoms with Crippen LogP contribution in [0.5, 0.6) is 0 Å². The summed E-state index contributed by atoms with van der Waals surface area (Å²) in [6, 6.07) is 0. The minimum Gasteiger partial charge on any atom is -0.478 e. The van der Waals surface area contributed by atoms with Crippen LogP contribution in [-0.4, -0.2) is 21.0 Å². The average Bonchev–Trinajstić information content (AvgIpc) is 2.00. The topological polar surface area (TPSA) is 54.4 Å². The van der Waals surface area contributed by atoms with Crippen LogP contribution in [0.2, 0.25) is 0 Å². The van der Waals surface area contributed by atoms with Gasteiger partial charge in [-0.15, -0.1) is 0 Å². The van der Waals surface area contributed by atoms with Crippen LogP contribution in [-0.2, 0) is 15.6 Å². The van der Waals surface area contributed by atoms with E-state index in [-0.39, 0.29) is 5.57 Å². The number of aliphatic carboxylic acids is 1. The monoisotopic (exact) mass is 176 g/mol. The van der Waals surface area contributed by atoms with Crippen LogP contribution in [0.3, 0.4) is 0 Å². The summed E-state index contributed by atoms with van der Waals surface area (Å²) in [7, 11) is -1.12. The van der Waals surface area contributed by atoms with Crippen LogP contribution in [0, 0.1) is 0 Å². The molecule has 0 radical (unpaired) electrons. The highest BCUT2D eigenvalue weighted by Gasteiger charge is 2.08. The third-order valence-electron chi connectivity index (χ3n) is 1.45. The molecule has 0 aliphatic rings. The molecule has 64 valence electrons. The highest BCUT2D eigenvalue weighted by molar-refractivity contribution is 7.88. The quantitative estimate of drug-likeness (QED) is 0.656. The summed E-state index contributed by atoms with van der Waals surface area (Å²) in [5, 5.41) is 8.50. The van der Waals surface area contributed by atoms with E-state index in [1.165, 1.54) is 6.92 Å². The third kappa shape index (κ3) is 2.84. The molecule has 0 amide bonds. The van der Waals surface area contributed by atoms with Gasteiger partial charge < -0.3 is 5.11 Å². The van der Waals surface area contributed by atoms with E-state index in [4.69, 9.17) is 5.11 Å². The van der Waals surface area contributed by atoms with E-state index in [0.29, 0.717) is 10.7 Å². The molecule has 1 atom stereocenters. The van der Waals surface area contributed by atoms with Crippen molar-refractivity contribution in [3.05, 3.63) is 10.5 Å². The number of carbonyl (C=O) groups is 1. The van der Waals surface area contributed by atoms with Crippen LogP contribution in [0.15, 0.2) is 10.5 Å². The Hall–Kier alpha value is -0.640. The van der Waals surface area contributed by atoms with Crippen LogP contribution < -0.4 is 0 Å². The molecule has 1 N–H and O–H groups in total. The van der Waals surface area contributed by atoms with Gasteiger partial charge in [-0.2, -0.15) is 0 Å². The van der Waals surface area contributed by atoms with Gasteiger partial charge in [0, 0.05) is 27.0 Å². The number of carboxylic acid groups (broad SMARTS) is 1. The molecule has 0 rings (SSSR count). The Morgan fingerprint density at radius 3 is 2.18 bits per heavy atom. The zero-order valence-electron chi connectivity index (χ0n) is 6.88. The minimum absolute atomic E-state index is 0.185. The molecule has 0 aliphatic heterocycles. The number of hydrogen-bond donors (Lipinski definition) is 1. The van der Waals surface area contributed by atoms with Gasteiger partial charge in [-0.05, 0) is 13.8 Å². The van der Waals surface area contributed by atoms with Gasteiger partial charge in [0.15, 0.2) is 0 Å². The number of rotatable bonds is 3. The van der Waals surface area contributed by atoms with Gasteiger partial charge >= 0.3 is 5.97 Å². The van der Waals surface area contributed by atoms with Gasteiger partial charge in [0.05, 0.1) is 0 Å². The fourth-order valence-electron chi connectivity index (χ4n) is 0.538. The number of carboxylic acids is 1. The maximum Gasteiger partial charge on any atom is 0.332 e. The zero-order chi connectivity index (χ0) is 9.02. The smallest absolute Gasteiger partial charge is 0.332 e. The molecule has 0 aromatic carbocycles. The molecule has 0 aliphatic carbocycles. The van der Waals surface area contributed by atoms with Crippen molar-refractivity contribution in [3.63, 3.8) is 0 Å². The Morgan fingerprint density at radius 1 is 1.45 bits per heavy atom. The van der Waals surface area contributed by atoms with Crippen LogP contribution in [0.1, 0.15) is 20.8 Å². The summed E-state index contributed by atoms with van der Waals surface area (Å²) >= 11 is 0. The van der Waals surface area contributed by atoms with Gasteiger partial charge in [-0.3, -0.25) is 4.21 Å². The van der Waals surface area contributed by atoms with Crippen LogP contribution in [0.25, 0.3) is 0 Å². The van der Waals surface area contributed by atoms with E-state index >= 15 is 0 Å². The van der Waals surface area contributed by atoms with E-state index in [0.717, 1.165) is 0 Å². The maximum absolute atomic E-state index is 11.0. The fraction of sp³-hybridized carbons (Fsp3) is 0.571. The molecular formula is C7H12O3S. The largest absolute Gasteiger partial charge is 0.478 e. The van der Waals surface area contributed by atoms with E-state index in [9.17, 15) is 9.00 Å². The molecule has 0 aromatic heterocycles. The molecule has 4 heteroatoms. The summed E-state index contributed by atoms with van der Waals surface area (Å²) in [4.78, 5) is 10.8. The van der Waals surface area contributed by atoms with Crippen molar-refractivity contribution in [2.75, 3.05) is 5.75 Å². The summed E-state index contributed by atoms with van der Waals surface area (Å²) < 4.78 is 11.0. The van der Waals surface area contributed by atoms with Crippen LogP contribution >= 0.6 is 0 Å². The number of hydrogen-bond acceptors (Lipinski definition) is 2. The van der Waals surface area contributed by atoms with Gasteiger partial charge in [-0.25, -0.2) is 4.79 Å². The Bertz CT molecular complexity index is 218. The molecule has 0 bridgehead atoms. The van der Waals surface area contributed by atoms with Gasteiger partial charge in [0.1, 0.15) is 0 Å². The predicted molar refractivity (Wildman–Crippen MR) is 44.7 cm³/mol. The first kappa shape index (κ1) is 10.4. The second-order valence-electron chi connectivity index (χ2n) is 2.12. The first-order valence-electron chi connectivity index (χ1n) is 3.29. The van der Waals surface area contributed by atoms with Crippen LogP contribution in [0.4, 0.5) is 0 Å². The van der Waals surface area contributed by atoms with Crippen molar-refractivity contribution >= 4 is 16.8 Å². The van der Waals surface area contributed by atoms with E-state index in [1.54, 1.807) is 13.8 Å². The lowest BCUT2D eigenvalue weighted by Gasteiger charge is -2.00. The SMILES string of the molecule is CCS(=O)/C(C)=C(\C)C(=O)O. The molecule has 3 nitrogen and oxygen atoms in total. The van der Waals surface area contributed by atoms with Gasteiger partial charge in [-0.1, -0.05) is 6.92 Å². The predicted octanol–water partition coefficient (Wildman–Crippen LogP) is 1.13.